The molecule has 1 aliphatic rings. The second-order valence-corrected chi connectivity index (χ2v) is 5.00. The molecule has 108 valence electrons. The van der Waals surface area contributed by atoms with Crippen molar-refractivity contribution in [1.82, 2.24) is 5.32 Å². The van der Waals surface area contributed by atoms with Crippen molar-refractivity contribution >= 4 is 11.9 Å². The lowest BCUT2D eigenvalue weighted by atomic mass is 9.83. The lowest BCUT2D eigenvalue weighted by molar-refractivity contribution is -0.189. The predicted octanol–water partition coefficient (Wildman–Crippen LogP) is 1.73. The van der Waals surface area contributed by atoms with Gasteiger partial charge in [-0.2, -0.15) is 0 Å². The standard InChI is InChI=1S/C15H19NO4/c1-3-11(2)15(9-19-10-20-14(15)18)16-13(17)12-7-5-4-6-8-12/h4-8,11H,3,9-10H2,1-2H3,(H,16,17). The Kier molecular flexibility index (Phi) is 4.39. The zero-order valence-corrected chi connectivity index (χ0v) is 11.7. The van der Waals surface area contributed by atoms with Gasteiger partial charge in [0.05, 0.1) is 6.61 Å². The van der Waals surface area contributed by atoms with E-state index in [1.807, 2.05) is 19.9 Å². The quantitative estimate of drug-likeness (QED) is 0.851. The Bertz CT molecular complexity index is 488. The number of hydrogen-bond acceptors (Lipinski definition) is 4. The van der Waals surface area contributed by atoms with Crippen LogP contribution in [0.3, 0.4) is 0 Å². The highest BCUT2D eigenvalue weighted by molar-refractivity contribution is 5.98. The number of amides is 1. The van der Waals surface area contributed by atoms with Crippen molar-refractivity contribution in [3.8, 4) is 0 Å². The summed E-state index contributed by atoms with van der Waals surface area (Å²) in [5.41, 5.74) is -0.603. The first kappa shape index (κ1) is 14.5. The summed E-state index contributed by atoms with van der Waals surface area (Å²) >= 11 is 0. The molecule has 2 unspecified atom stereocenters. The van der Waals surface area contributed by atoms with Crippen LogP contribution >= 0.6 is 0 Å². The number of nitrogens with one attached hydrogen (secondary N) is 1. The van der Waals surface area contributed by atoms with Gasteiger partial charge in [-0.25, -0.2) is 4.79 Å². The highest BCUT2D eigenvalue weighted by Crippen LogP contribution is 2.26. The molecular formula is C15H19NO4. The van der Waals surface area contributed by atoms with Crippen molar-refractivity contribution in [2.24, 2.45) is 5.92 Å². The van der Waals surface area contributed by atoms with Crippen LogP contribution in [0.1, 0.15) is 30.6 Å². The van der Waals surface area contributed by atoms with E-state index in [-0.39, 0.29) is 25.2 Å². The normalized spacial score (nSPS) is 23.8. The van der Waals surface area contributed by atoms with Gasteiger partial charge in [-0.15, -0.1) is 0 Å². The minimum atomic E-state index is -1.11. The molecule has 0 saturated carbocycles. The molecule has 0 radical (unpaired) electrons. The monoisotopic (exact) mass is 277 g/mol. The van der Waals surface area contributed by atoms with Crippen molar-refractivity contribution in [2.45, 2.75) is 25.8 Å². The number of carbonyl (C=O) groups is 2. The molecule has 5 heteroatoms. The Labute approximate surface area is 118 Å². The van der Waals surface area contributed by atoms with Crippen LogP contribution in [0.2, 0.25) is 0 Å². The van der Waals surface area contributed by atoms with Gasteiger partial charge < -0.3 is 14.8 Å². The lowest BCUT2D eigenvalue weighted by Gasteiger charge is -2.39. The van der Waals surface area contributed by atoms with Gasteiger partial charge in [0, 0.05) is 5.56 Å². The van der Waals surface area contributed by atoms with E-state index < -0.39 is 11.5 Å². The highest BCUT2D eigenvalue weighted by Gasteiger charge is 2.48. The average molecular weight is 277 g/mol. The van der Waals surface area contributed by atoms with E-state index in [2.05, 4.69) is 5.32 Å². The number of hydrogen-bond donors (Lipinski definition) is 1. The SMILES string of the molecule is CCC(C)C1(NC(=O)c2ccccc2)COCOC1=O. The van der Waals surface area contributed by atoms with Crippen LogP contribution in [0.25, 0.3) is 0 Å². The molecule has 1 heterocycles. The van der Waals surface area contributed by atoms with Crippen LogP contribution in [-0.2, 0) is 14.3 Å². The fourth-order valence-corrected chi connectivity index (χ4v) is 2.25. The summed E-state index contributed by atoms with van der Waals surface area (Å²) in [4.78, 5) is 24.5. The first-order chi connectivity index (χ1) is 9.60. The first-order valence-corrected chi connectivity index (χ1v) is 6.72. The van der Waals surface area contributed by atoms with Crippen LogP contribution in [0.5, 0.6) is 0 Å². The molecule has 1 saturated heterocycles. The summed E-state index contributed by atoms with van der Waals surface area (Å²) in [5.74, 6) is -0.807. The summed E-state index contributed by atoms with van der Waals surface area (Å²) in [7, 11) is 0. The molecule has 0 spiro atoms. The molecule has 1 aliphatic heterocycles. The minimum absolute atomic E-state index is 0.0573. The van der Waals surface area contributed by atoms with Crippen molar-refractivity contribution in [2.75, 3.05) is 13.4 Å². The third-order valence-corrected chi connectivity index (χ3v) is 3.79. The maximum absolute atomic E-state index is 12.3. The van der Waals surface area contributed by atoms with Crippen LogP contribution in [0.4, 0.5) is 0 Å². The van der Waals surface area contributed by atoms with E-state index in [9.17, 15) is 9.59 Å². The fourth-order valence-electron chi connectivity index (χ4n) is 2.25. The van der Waals surface area contributed by atoms with E-state index in [4.69, 9.17) is 9.47 Å². The summed E-state index contributed by atoms with van der Waals surface area (Å²) in [6.07, 6.45) is 0.730. The average Bonchev–Trinajstić information content (AvgIpc) is 2.49. The molecule has 0 bridgehead atoms. The lowest BCUT2D eigenvalue weighted by Crippen LogP contribution is -2.64. The second kappa shape index (κ2) is 6.05. The molecule has 1 aromatic rings. The van der Waals surface area contributed by atoms with Crippen molar-refractivity contribution in [3.63, 3.8) is 0 Å². The molecule has 0 aromatic heterocycles. The Morgan fingerprint density at radius 1 is 1.40 bits per heavy atom. The molecule has 1 aromatic carbocycles. The highest BCUT2D eigenvalue weighted by atomic mass is 16.7. The molecule has 1 fully saturated rings. The number of ether oxygens (including phenoxy) is 2. The maximum atomic E-state index is 12.3. The first-order valence-electron chi connectivity index (χ1n) is 6.72. The summed E-state index contributed by atoms with van der Waals surface area (Å²) in [6.45, 7) is 3.95. The van der Waals surface area contributed by atoms with Gasteiger partial charge in [-0.1, -0.05) is 38.5 Å². The second-order valence-electron chi connectivity index (χ2n) is 5.00. The fraction of sp³-hybridized carbons (Fsp3) is 0.467. The van der Waals surface area contributed by atoms with Gasteiger partial charge in [0.1, 0.15) is 0 Å². The number of cyclic esters (lactones) is 1. The molecule has 1 amide bonds. The van der Waals surface area contributed by atoms with E-state index in [0.717, 1.165) is 6.42 Å². The van der Waals surface area contributed by atoms with E-state index in [0.29, 0.717) is 5.56 Å². The number of esters is 1. The van der Waals surface area contributed by atoms with Gasteiger partial charge in [0.15, 0.2) is 12.3 Å². The number of carbonyl (C=O) groups excluding carboxylic acids is 2. The molecule has 2 rings (SSSR count). The van der Waals surface area contributed by atoms with E-state index >= 15 is 0 Å². The zero-order valence-electron chi connectivity index (χ0n) is 11.7. The van der Waals surface area contributed by atoms with Crippen molar-refractivity contribution in [3.05, 3.63) is 35.9 Å². The van der Waals surface area contributed by atoms with Crippen LogP contribution in [0.15, 0.2) is 30.3 Å². The molecule has 0 aliphatic carbocycles. The van der Waals surface area contributed by atoms with Gasteiger partial charge in [0.2, 0.25) is 0 Å². The van der Waals surface area contributed by atoms with Gasteiger partial charge in [-0.05, 0) is 18.1 Å². The Balaban J connectivity index is 2.24. The van der Waals surface area contributed by atoms with Crippen molar-refractivity contribution < 1.29 is 19.1 Å². The smallest absolute Gasteiger partial charge is 0.336 e. The predicted molar refractivity (Wildman–Crippen MR) is 73.0 cm³/mol. The Morgan fingerprint density at radius 2 is 2.10 bits per heavy atom. The largest absolute Gasteiger partial charge is 0.437 e. The maximum Gasteiger partial charge on any atom is 0.336 e. The van der Waals surface area contributed by atoms with Crippen molar-refractivity contribution in [1.29, 1.82) is 0 Å². The van der Waals surface area contributed by atoms with E-state index in [1.165, 1.54) is 0 Å². The minimum Gasteiger partial charge on any atom is -0.437 e. The molecule has 20 heavy (non-hydrogen) atoms. The van der Waals surface area contributed by atoms with E-state index in [1.54, 1.807) is 24.3 Å². The number of benzene rings is 1. The van der Waals surface area contributed by atoms with Crippen LogP contribution < -0.4 is 5.32 Å². The molecule has 1 N–H and O–H groups in total. The zero-order chi connectivity index (χ0) is 14.6. The summed E-state index contributed by atoms with van der Waals surface area (Å²) in [5, 5.41) is 2.81. The van der Waals surface area contributed by atoms with Gasteiger partial charge in [0.25, 0.3) is 5.91 Å². The molecule has 5 nitrogen and oxygen atoms in total. The summed E-state index contributed by atoms with van der Waals surface area (Å²) in [6, 6.07) is 8.80. The Hall–Kier alpha value is -1.88. The van der Waals surface area contributed by atoms with Gasteiger partial charge >= 0.3 is 5.97 Å². The van der Waals surface area contributed by atoms with Crippen LogP contribution in [0, 0.1) is 5.92 Å². The van der Waals surface area contributed by atoms with Crippen LogP contribution in [-0.4, -0.2) is 30.8 Å². The Morgan fingerprint density at radius 3 is 2.70 bits per heavy atom. The number of rotatable bonds is 4. The summed E-state index contributed by atoms with van der Waals surface area (Å²) < 4.78 is 10.2. The third-order valence-electron chi connectivity index (χ3n) is 3.79. The topological polar surface area (TPSA) is 64.6 Å². The third kappa shape index (κ3) is 2.67. The molecular weight excluding hydrogens is 258 g/mol. The molecule has 2 atom stereocenters. The van der Waals surface area contributed by atoms with Gasteiger partial charge in [-0.3, -0.25) is 4.79 Å².